The van der Waals surface area contributed by atoms with Crippen LogP contribution in [0, 0.1) is 11.3 Å². The van der Waals surface area contributed by atoms with Gasteiger partial charge in [0.1, 0.15) is 18.1 Å². The molecule has 1 aliphatic carbocycles. The fourth-order valence-corrected chi connectivity index (χ4v) is 3.76. The molecule has 4 aromatic heterocycles. The maximum Gasteiger partial charge on any atom is 0.261 e. The molecule has 0 atom stereocenters. The molecule has 0 unspecified atom stereocenters. The van der Waals surface area contributed by atoms with Crippen LogP contribution in [0.1, 0.15) is 30.7 Å². The van der Waals surface area contributed by atoms with Crippen LogP contribution in [0.4, 0.5) is 5.82 Å². The number of nitrogens with one attached hydrogen (secondary N) is 1. The summed E-state index contributed by atoms with van der Waals surface area (Å²) in [5.41, 5.74) is 2.91. The molecule has 10 heteroatoms. The van der Waals surface area contributed by atoms with E-state index in [1.54, 1.807) is 31.8 Å². The lowest BCUT2D eigenvalue weighted by atomic mass is 9.64. The van der Waals surface area contributed by atoms with E-state index < -0.39 is 0 Å². The van der Waals surface area contributed by atoms with E-state index in [9.17, 15) is 0 Å². The van der Waals surface area contributed by atoms with E-state index in [1.807, 2.05) is 12.3 Å². The van der Waals surface area contributed by atoms with Gasteiger partial charge in [-0.25, -0.2) is 9.97 Å². The Labute approximate surface area is 178 Å². The van der Waals surface area contributed by atoms with Gasteiger partial charge in [-0.05, 0) is 24.5 Å². The fraction of sp³-hybridized carbons (Fsp3) is 0.286. The highest BCUT2D eigenvalue weighted by molar-refractivity contribution is 5.55. The Hall–Kier alpha value is -4.13. The van der Waals surface area contributed by atoms with Crippen LogP contribution >= 0.6 is 0 Å². The molecule has 1 fully saturated rings. The van der Waals surface area contributed by atoms with Gasteiger partial charge in [0, 0.05) is 19.4 Å². The van der Waals surface area contributed by atoms with E-state index in [0.717, 1.165) is 30.5 Å². The van der Waals surface area contributed by atoms with Crippen LogP contribution < -0.4 is 5.32 Å². The van der Waals surface area contributed by atoms with Crippen molar-refractivity contribution in [3.8, 4) is 28.9 Å². The van der Waals surface area contributed by atoms with Crippen LogP contribution in [-0.2, 0) is 12.0 Å². The minimum Gasteiger partial charge on any atom is -0.372 e. The molecule has 0 spiro atoms. The van der Waals surface area contributed by atoms with Crippen molar-refractivity contribution < 1.29 is 4.52 Å². The summed E-state index contributed by atoms with van der Waals surface area (Å²) in [6.45, 7) is 0.172. The molecule has 1 aliphatic rings. The molecule has 0 amide bonds. The molecule has 0 saturated heterocycles. The topological polar surface area (TPSA) is 131 Å². The largest absolute Gasteiger partial charge is 0.372 e. The first-order chi connectivity index (χ1) is 15.2. The molecule has 1 saturated carbocycles. The van der Waals surface area contributed by atoms with Crippen molar-refractivity contribution in [2.45, 2.75) is 31.2 Å². The smallest absolute Gasteiger partial charge is 0.261 e. The Morgan fingerprint density at radius 1 is 1.13 bits per heavy atom. The number of hydrogen-bond acceptors (Lipinski definition) is 9. The van der Waals surface area contributed by atoms with Gasteiger partial charge in [-0.1, -0.05) is 17.6 Å². The van der Waals surface area contributed by atoms with Crippen LogP contribution in [0.5, 0.6) is 0 Å². The van der Waals surface area contributed by atoms with Gasteiger partial charge < -0.3 is 9.84 Å². The van der Waals surface area contributed by atoms with Gasteiger partial charge in [-0.2, -0.15) is 15.3 Å². The molecular formula is C21H19N9O. The maximum atomic E-state index is 8.81. The van der Waals surface area contributed by atoms with E-state index in [-0.39, 0.29) is 12.0 Å². The molecule has 4 heterocycles. The summed E-state index contributed by atoms with van der Waals surface area (Å²) in [6.07, 6.45) is 11.5. The monoisotopic (exact) mass is 413 g/mol. The van der Waals surface area contributed by atoms with Crippen LogP contribution in [-0.4, -0.2) is 41.9 Å². The summed E-state index contributed by atoms with van der Waals surface area (Å²) in [4.78, 5) is 18.0. The van der Waals surface area contributed by atoms with Gasteiger partial charge in [0.2, 0.25) is 0 Å². The normalized spacial score (nSPS) is 14.6. The minimum absolute atomic E-state index is 0.172. The van der Waals surface area contributed by atoms with E-state index in [2.05, 4.69) is 47.6 Å². The van der Waals surface area contributed by atoms with E-state index in [1.165, 1.54) is 4.68 Å². The fourth-order valence-electron chi connectivity index (χ4n) is 3.76. The molecule has 4 aromatic rings. The molecule has 0 bridgehead atoms. The minimum atomic E-state index is -0.308. The number of anilines is 1. The second kappa shape index (κ2) is 7.60. The van der Waals surface area contributed by atoms with Crippen molar-refractivity contribution in [1.29, 1.82) is 5.26 Å². The molecule has 0 aromatic carbocycles. The molecule has 10 nitrogen and oxygen atoms in total. The van der Waals surface area contributed by atoms with Crippen LogP contribution in [0.2, 0.25) is 0 Å². The SMILES string of the molecule is CNc1cnc(-c2ccc(C3(c4noc(-c5cnn(CC#N)c5)n4)CCC3)cn2)cn1. The van der Waals surface area contributed by atoms with Crippen LogP contribution in [0.3, 0.4) is 0 Å². The predicted octanol–water partition coefficient (Wildman–Crippen LogP) is 2.82. The Balaban J connectivity index is 1.42. The number of pyridine rings is 1. The lowest BCUT2D eigenvalue weighted by Crippen LogP contribution is -2.36. The molecule has 0 aliphatic heterocycles. The average molecular weight is 413 g/mol. The lowest BCUT2D eigenvalue weighted by molar-refractivity contribution is 0.272. The molecule has 5 rings (SSSR count). The van der Waals surface area contributed by atoms with E-state index >= 15 is 0 Å². The molecule has 1 N–H and O–H groups in total. The van der Waals surface area contributed by atoms with Crippen molar-refractivity contribution >= 4 is 5.82 Å². The first-order valence-electron chi connectivity index (χ1n) is 9.92. The molecule has 31 heavy (non-hydrogen) atoms. The quantitative estimate of drug-likeness (QED) is 0.507. The average Bonchev–Trinajstić information content (AvgIpc) is 3.44. The number of rotatable bonds is 6. The zero-order chi connectivity index (χ0) is 21.3. The second-order valence-electron chi connectivity index (χ2n) is 7.41. The second-order valence-corrected chi connectivity index (χ2v) is 7.41. The third kappa shape index (κ3) is 3.30. The van der Waals surface area contributed by atoms with Gasteiger partial charge >= 0.3 is 0 Å². The Kier molecular flexibility index (Phi) is 4.63. The van der Waals surface area contributed by atoms with Gasteiger partial charge in [0.05, 0.1) is 41.3 Å². The standard InChI is InChI=1S/C21H19N9O/c1-23-18-12-25-17(11-26-18)16-4-3-15(10-24-16)21(5-2-6-21)20-28-19(31-29-20)14-9-27-30(13-14)8-7-22/h3-4,9-13H,2,5-6,8H2,1H3,(H,23,26). The first kappa shape index (κ1) is 18.9. The Bertz CT molecular complexity index is 1230. The van der Waals surface area contributed by atoms with Crippen molar-refractivity contribution in [3.05, 3.63) is 54.5 Å². The Morgan fingerprint density at radius 3 is 2.65 bits per heavy atom. The van der Waals surface area contributed by atoms with Crippen LogP contribution in [0.25, 0.3) is 22.8 Å². The van der Waals surface area contributed by atoms with E-state index in [0.29, 0.717) is 28.8 Å². The summed E-state index contributed by atoms with van der Waals surface area (Å²) in [7, 11) is 1.80. The molecule has 154 valence electrons. The third-order valence-corrected chi connectivity index (χ3v) is 5.66. The Morgan fingerprint density at radius 2 is 2.00 bits per heavy atom. The van der Waals surface area contributed by atoms with Gasteiger partial charge in [0.25, 0.3) is 5.89 Å². The third-order valence-electron chi connectivity index (χ3n) is 5.66. The summed E-state index contributed by atoms with van der Waals surface area (Å²) < 4.78 is 7.05. The highest BCUT2D eigenvalue weighted by Crippen LogP contribution is 2.48. The zero-order valence-corrected chi connectivity index (χ0v) is 16.9. The summed E-state index contributed by atoms with van der Waals surface area (Å²) in [6, 6.07) is 6.06. The van der Waals surface area contributed by atoms with Gasteiger partial charge in [-0.15, -0.1) is 0 Å². The van der Waals surface area contributed by atoms with Crippen molar-refractivity contribution in [3.63, 3.8) is 0 Å². The maximum absolute atomic E-state index is 8.81. The van der Waals surface area contributed by atoms with Gasteiger partial charge in [0.15, 0.2) is 5.82 Å². The molecular weight excluding hydrogens is 394 g/mol. The van der Waals surface area contributed by atoms with Crippen molar-refractivity contribution in [2.75, 3.05) is 12.4 Å². The number of nitrogens with zero attached hydrogens (tertiary/aromatic N) is 8. The summed E-state index contributed by atoms with van der Waals surface area (Å²) in [5, 5.41) is 20.2. The van der Waals surface area contributed by atoms with Crippen molar-refractivity contribution in [1.82, 2.24) is 34.9 Å². The van der Waals surface area contributed by atoms with Crippen LogP contribution in [0.15, 0.2) is 47.6 Å². The summed E-state index contributed by atoms with van der Waals surface area (Å²) >= 11 is 0. The van der Waals surface area contributed by atoms with Crippen molar-refractivity contribution in [2.24, 2.45) is 0 Å². The zero-order valence-electron chi connectivity index (χ0n) is 16.9. The highest BCUT2D eigenvalue weighted by atomic mass is 16.5. The first-order valence-corrected chi connectivity index (χ1v) is 9.92. The predicted molar refractivity (Wildman–Crippen MR) is 111 cm³/mol. The number of hydrogen-bond donors (Lipinski definition) is 1. The number of aromatic nitrogens is 7. The van der Waals surface area contributed by atoms with Gasteiger partial charge in [-0.3, -0.25) is 9.67 Å². The lowest BCUT2D eigenvalue weighted by Gasteiger charge is -2.39. The molecule has 0 radical (unpaired) electrons. The highest BCUT2D eigenvalue weighted by Gasteiger charge is 2.45. The van der Waals surface area contributed by atoms with E-state index in [4.69, 9.17) is 9.78 Å². The summed E-state index contributed by atoms with van der Waals surface area (Å²) in [5.74, 6) is 1.75. The number of nitriles is 1.